The molecular formula is C13H20BrNO. The van der Waals surface area contributed by atoms with Gasteiger partial charge in [0, 0.05) is 18.4 Å². The van der Waals surface area contributed by atoms with Crippen LogP contribution in [-0.4, -0.2) is 35.8 Å². The van der Waals surface area contributed by atoms with Crippen LogP contribution in [0, 0.1) is 0 Å². The molecule has 1 saturated heterocycles. The van der Waals surface area contributed by atoms with Gasteiger partial charge in [0.15, 0.2) is 0 Å². The van der Waals surface area contributed by atoms with Gasteiger partial charge >= 0.3 is 0 Å². The number of likely N-dealkylation sites (tertiary alicyclic amines) is 1. The Morgan fingerprint density at radius 3 is 2.25 bits per heavy atom. The average Bonchev–Trinajstić information content (AvgIpc) is 2.69. The van der Waals surface area contributed by atoms with Crippen LogP contribution in [0.5, 0.6) is 0 Å². The van der Waals surface area contributed by atoms with Crippen molar-refractivity contribution in [1.82, 2.24) is 0 Å². The number of benzene rings is 1. The Labute approximate surface area is 108 Å². The summed E-state index contributed by atoms with van der Waals surface area (Å²) in [4.78, 5) is 0. The van der Waals surface area contributed by atoms with E-state index in [-0.39, 0.29) is 17.0 Å². The van der Waals surface area contributed by atoms with Crippen LogP contribution in [0.15, 0.2) is 30.3 Å². The van der Waals surface area contributed by atoms with Crippen LogP contribution >= 0.6 is 0 Å². The van der Waals surface area contributed by atoms with Gasteiger partial charge in [-0.3, -0.25) is 0 Å². The summed E-state index contributed by atoms with van der Waals surface area (Å²) >= 11 is 0. The Bertz CT molecular complexity index is 296. The highest BCUT2D eigenvalue weighted by molar-refractivity contribution is 5.13. The lowest BCUT2D eigenvalue weighted by Gasteiger charge is -2.33. The van der Waals surface area contributed by atoms with Gasteiger partial charge in [0.05, 0.1) is 19.7 Å². The van der Waals surface area contributed by atoms with Crippen LogP contribution in [0.2, 0.25) is 0 Å². The summed E-state index contributed by atoms with van der Waals surface area (Å²) in [5.41, 5.74) is 1.40. The second-order valence-electron chi connectivity index (χ2n) is 4.59. The lowest BCUT2D eigenvalue weighted by atomic mass is 10.2. The van der Waals surface area contributed by atoms with Crippen molar-refractivity contribution in [2.45, 2.75) is 19.4 Å². The number of rotatable bonds is 4. The molecule has 0 atom stereocenters. The summed E-state index contributed by atoms with van der Waals surface area (Å²) in [7, 11) is 0. The standard InChI is InChI=1S/C13H20NO.BrH/c15-11-10-14(8-4-5-9-14)12-13-6-2-1-3-7-13;/h1-3,6-7,15H,4-5,8-12H2;1H/q+1;/p-1. The fourth-order valence-corrected chi connectivity index (χ4v) is 2.65. The maximum Gasteiger partial charge on any atom is 0.104 e. The molecule has 0 amide bonds. The van der Waals surface area contributed by atoms with Crippen LogP contribution in [-0.2, 0) is 6.54 Å². The molecule has 1 heterocycles. The summed E-state index contributed by atoms with van der Waals surface area (Å²) in [5.74, 6) is 0. The van der Waals surface area contributed by atoms with Crippen LogP contribution in [0.25, 0.3) is 0 Å². The van der Waals surface area contributed by atoms with E-state index in [9.17, 15) is 0 Å². The van der Waals surface area contributed by atoms with Gasteiger partial charge in [-0.1, -0.05) is 30.3 Å². The predicted octanol–water partition coefficient (Wildman–Crippen LogP) is -1.21. The van der Waals surface area contributed by atoms with E-state index in [0.29, 0.717) is 6.61 Å². The van der Waals surface area contributed by atoms with Gasteiger partial charge in [0.25, 0.3) is 0 Å². The van der Waals surface area contributed by atoms with Crippen molar-refractivity contribution in [3.8, 4) is 0 Å². The molecule has 0 saturated carbocycles. The zero-order valence-corrected chi connectivity index (χ0v) is 11.2. The third kappa shape index (κ3) is 3.30. The fourth-order valence-electron chi connectivity index (χ4n) is 2.65. The van der Waals surface area contributed by atoms with Gasteiger partial charge in [0.1, 0.15) is 13.1 Å². The highest BCUT2D eigenvalue weighted by Gasteiger charge is 2.31. The van der Waals surface area contributed by atoms with E-state index in [2.05, 4.69) is 30.3 Å². The number of hydrogen-bond acceptors (Lipinski definition) is 1. The van der Waals surface area contributed by atoms with Crippen molar-refractivity contribution in [2.75, 3.05) is 26.2 Å². The SMILES string of the molecule is OCC[N+]1(Cc2ccccc2)CCCC1.[Br-]. The van der Waals surface area contributed by atoms with Crippen LogP contribution in [0.3, 0.4) is 0 Å². The monoisotopic (exact) mass is 285 g/mol. The predicted molar refractivity (Wildman–Crippen MR) is 61.3 cm³/mol. The van der Waals surface area contributed by atoms with Crippen molar-refractivity contribution >= 4 is 0 Å². The molecule has 0 spiro atoms. The molecule has 1 aliphatic heterocycles. The van der Waals surface area contributed by atoms with Gasteiger partial charge < -0.3 is 26.6 Å². The highest BCUT2D eigenvalue weighted by atomic mass is 79.9. The highest BCUT2D eigenvalue weighted by Crippen LogP contribution is 2.22. The van der Waals surface area contributed by atoms with E-state index < -0.39 is 0 Å². The van der Waals surface area contributed by atoms with Crippen molar-refractivity contribution in [3.05, 3.63) is 35.9 Å². The second-order valence-corrected chi connectivity index (χ2v) is 4.59. The molecule has 1 fully saturated rings. The normalized spacial score (nSPS) is 18.1. The minimum Gasteiger partial charge on any atom is -1.00 e. The molecule has 1 aromatic rings. The van der Waals surface area contributed by atoms with E-state index in [1.807, 2.05) is 0 Å². The zero-order chi connectivity index (χ0) is 10.6. The molecule has 90 valence electrons. The fraction of sp³-hybridized carbons (Fsp3) is 0.538. The van der Waals surface area contributed by atoms with Crippen molar-refractivity contribution in [3.63, 3.8) is 0 Å². The molecule has 1 N–H and O–H groups in total. The van der Waals surface area contributed by atoms with Gasteiger partial charge in [-0.05, 0) is 0 Å². The van der Waals surface area contributed by atoms with Crippen LogP contribution in [0.4, 0.5) is 0 Å². The van der Waals surface area contributed by atoms with E-state index in [1.165, 1.54) is 31.5 Å². The summed E-state index contributed by atoms with van der Waals surface area (Å²) in [6, 6.07) is 10.6. The minimum absolute atomic E-state index is 0. The van der Waals surface area contributed by atoms with Gasteiger partial charge in [-0.25, -0.2) is 0 Å². The van der Waals surface area contributed by atoms with Crippen molar-refractivity contribution in [2.24, 2.45) is 0 Å². The first kappa shape index (κ1) is 13.7. The maximum atomic E-state index is 9.15. The van der Waals surface area contributed by atoms with Crippen molar-refractivity contribution < 1.29 is 26.6 Å². The summed E-state index contributed by atoms with van der Waals surface area (Å²) in [6.45, 7) is 4.77. The topological polar surface area (TPSA) is 20.2 Å². The van der Waals surface area contributed by atoms with E-state index in [0.717, 1.165) is 17.6 Å². The number of aliphatic hydroxyl groups is 1. The number of nitrogens with zero attached hydrogens (tertiary/aromatic N) is 1. The van der Waals surface area contributed by atoms with Crippen LogP contribution < -0.4 is 17.0 Å². The van der Waals surface area contributed by atoms with Crippen LogP contribution in [0.1, 0.15) is 18.4 Å². The Kier molecular flexibility index (Phi) is 5.46. The number of aliphatic hydroxyl groups excluding tert-OH is 1. The molecule has 0 aliphatic carbocycles. The first-order chi connectivity index (χ1) is 7.35. The molecule has 16 heavy (non-hydrogen) atoms. The first-order valence-corrected chi connectivity index (χ1v) is 5.85. The summed E-state index contributed by atoms with van der Waals surface area (Å²) in [6.07, 6.45) is 2.62. The molecule has 1 aliphatic rings. The molecule has 2 nitrogen and oxygen atoms in total. The largest absolute Gasteiger partial charge is 1.00 e. The molecule has 0 radical (unpaired) electrons. The third-order valence-corrected chi connectivity index (χ3v) is 3.45. The van der Waals surface area contributed by atoms with E-state index in [1.54, 1.807) is 0 Å². The molecular weight excluding hydrogens is 266 g/mol. The molecule has 2 rings (SSSR count). The molecule has 0 unspecified atom stereocenters. The molecule has 0 bridgehead atoms. The minimum atomic E-state index is 0. The second kappa shape index (κ2) is 6.38. The third-order valence-electron chi connectivity index (χ3n) is 3.45. The smallest absolute Gasteiger partial charge is 0.104 e. The number of quaternary nitrogens is 1. The Morgan fingerprint density at radius 1 is 1.06 bits per heavy atom. The number of halogens is 1. The lowest BCUT2D eigenvalue weighted by molar-refractivity contribution is -0.929. The summed E-state index contributed by atoms with van der Waals surface area (Å²) in [5, 5.41) is 9.15. The van der Waals surface area contributed by atoms with Gasteiger partial charge in [0.2, 0.25) is 0 Å². The Hall–Kier alpha value is -0.380. The van der Waals surface area contributed by atoms with E-state index in [4.69, 9.17) is 5.11 Å². The Morgan fingerprint density at radius 2 is 1.69 bits per heavy atom. The molecule has 3 heteroatoms. The van der Waals surface area contributed by atoms with Crippen molar-refractivity contribution in [1.29, 1.82) is 0 Å². The first-order valence-electron chi connectivity index (χ1n) is 5.85. The molecule has 1 aromatic carbocycles. The lowest BCUT2D eigenvalue weighted by Crippen LogP contribution is -3.00. The molecule has 0 aromatic heterocycles. The average molecular weight is 286 g/mol. The Balaban J connectivity index is 0.00000128. The maximum absolute atomic E-state index is 9.15. The van der Waals surface area contributed by atoms with E-state index >= 15 is 0 Å². The van der Waals surface area contributed by atoms with Gasteiger partial charge in [-0.15, -0.1) is 0 Å². The van der Waals surface area contributed by atoms with Gasteiger partial charge in [-0.2, -0.15) is 0 Å². The number of hydrogen-bond donors (Lipinski definition) is 1. The quantitative estimate of drug-likeness (QED) is 0.689. The zero-order valence-electron chi connectivity index (χ0n) is 9.61. The summed E-state index contributed by atoms with van der Waals surface area (Å²) < 4.78 is 1.08.